The highest BCUT2D eigenvalue weighted by Crippen LogP contribution is 2.30. The van der Waals surface area contributed by atoms with Crippen molar-refractivity contribution < 1.29 is 0 Å². The molecule has 0 spiro atoms. The lowest BCUT2D eigenvalue weighted by Gasteiger charge is -2.31. The maximum absolute atomic E-state index is 5.63. The number of rotatable bonds is 0. The van der Waals surface area contributed by atoms with Crippen LogP contribution in [0.1, 0.15) is 0 Å². The molecule has 1 fully saturated rings. The zero-order valence-corrected chi connectivity index (χ0v) is 7.62. The van der Waals surface area contributed by atoms with Crippen molar-refractivity contribution in [2.45, 2.75) is 3.92 Å². The van der Waals surface area contributed by atoms with Crippen LogP contribution in [-0.4, -0.2) is 35.0 Å². The maximum atomic E-state index is 5.63. The predicted octanol–water partition coefficient (Wildman–Crippen LogP) is 1.23. The SMILES string of the molecule is ClC(Cl)(Cl)N1CC[N]CC1. The molecule has 0 aliphatic carbocycles. The molecule has 5 heteroatoms. The van der Waals surface area contributed by atoms with Crippen LogP contribution < -0.4 is 5.32 Å². The first-order valence-electron chi connectivity index (χ1n) is 3.06. The van der Waals surface area contributed by atoms with Crippen LogP contribution in [-0.2, 0) is 0 Å². The van der Waals surface area contributed by atoms with E-state index in [1.165, 1.54) is 0 Å². The maximum Gasteiger partial charge on any atom is 0.247 e. The first-order chi connectivity index (χ1) is 4.61. The summed E-state index contributed by atoms with van der Waals surface area (Å²) in [4.78, 5) is 1.78. The number of nitrogens with zero attached hydrogens (tertiary/aromatic N) is 2. The molecule has 1 radical (unpaired) electrons. The van der Waals surface area contributed by atoms with Gasteiger partial charge in [-0.1, -0.05) is 34.8 Å². The summed E-state index contributed by atoms with van der Waals surface area (Å²) >= 11 is 16.9. The molecule has 1 rings (SSSR count). The van der Waals surface area contributed by atoms with Crippen molar-refractivity contribution in [1.29, 1.82) is 0 Å². The smallest absolute Gasteiger partial charge is 0.247 e. The number of hydrogen-bond donors (Lipinski definition) is 0. The summed E-state index contributed by atoms with van der Waals surface area (Å²) in [6, 6.07) is 0. The minimum Gasteiger partial charge on any atom is -0.257 e. The molecule has 0 aromatic carbocycles. The highest BCUT2D eigenvalue weighted by atomic mass is 35.6. The summed E-state index contributed by atoms with van der Waals surface area (Å²) in [5.74, 6) is 0. The summed E-state index contributed by atoms with van der Waals surface area (Å²) in [6.45, 7) is 3.04. The fourth-order valence-corrected chi connectivity index (χ4v) is 1.37. The van der Waals surface area contributed by atoms with Gasteiger partial charge in [0.1, 0.15) is 0 Å². The van der Waals surface area contributed by atoms with E-state index in [0.717, 1.165) is 26.2 Å². The van der Waals surface area contributed by atoms with Crippen LogP contribution >= 0.6 is 34.8 Å². The Labute approximate surface area is 75.4 Å². The van der Waals surface area contributed by atoms with Gasteiger partial charge in [-0.3, -0.25) is 4.90 Å². The second-order valence-electron chi connectivity index (χ2n) is 2.13. The largest absolute Gasteiger partial charge is 0.257 e. The van der Waals surface area contributed by atoms with Crippen LogP contribution in [0.5, 0.6) is 0 Å². The van der Waals surface area contributed by atoms with Gasteiger partial charge in [-0.2, -0.15) is 0 Å². The molecule has 0 bridgehead atoms. The van der Waals surface area contributed by atoms with Crippen LogP contribution in [0.4, 0.5) is 0 Å². The van der Waals surface area contributed by atoms with E-state index in [-0.39, 0.29) is 0 Å². The van der Waals surface area contributed by atoms with Crippen LogP contribution in [0, 0.1) is 0 Å². The normalized spacial score (nSPS) is 23.1. The molecule has 0 atom stereocenters. The number of halogens is 3. The molecule has 59 valence electrons. The highest BCUT2D eigenvalue weighted by Gasteiger charge is 2.30. The fourth-order valence-electron chi connectivity index (χ4n) is 0.860. The van der Waals surface area contributed by atoms with Crippen LogP contribution in [0.2, 0.25) is 0 Å². The monoisotopic (exact) mass is 201 g/mol. The van der Waals surface area contributed by atoms with Crippen LogP contribution in [0.15, 0.2) is 0 Å². The van der Waals surface area contributed by atoms with E-state index in [4.69, 9.17) is 34.8 Å². The molecule has 0 amide bonds. The summed E-state index contributed by atoms with van der Waals surface area (Å²) in [5, 5.41) is 4.12. The first kappa shape index (κ1) is 8.88. The van der Waals surface area contributed by atoms with E-state index in [1.54, 1.807) is 4.90 Å². The van der Waals surface area contributed by atoms with Crippen molar-refractivity contribution in [3.63, 3.8) is 0 Å². The van der Waals surface area contributed by atoms with Gasteiger partial charge in [0.2, 0.25) is 3.92 Å². The minimum absolute atomic E-state index is 0.747. The third-order valence-electron chi connectivity index (χ3n) is 1.41. The van der Waals surface area contributed by atoms with Crippen molar-refractivity contribution >= 4 is 34.8 Å². The van der Waals surface area contributed by atoms with Crippen LogP contribution in [0.3, 0.4) is 0 Å². The average Bonchev–Trinajstić information content (AvgIpc) is 1.88. The molecule has 1 heterocycles. The van der Waals surface area contributed by atoms with E-state index >= 15 is 0 Å². The van der Waals surface area contributed by atoms with E-state index in [2.05, 4.69) is 5.32 Å². The van der Waals surface area contributed by atoms with E-state index in [0.29, 0.717) is 0 Å². The third-order valence-corrected chi connectivity index (χ3v) is 2.13. The molecule has 10 heavy (non-hydrogen) atoms. The molecule has 0 N–H and O–H groups in total. The minimum atomic E-state index is -1.24. The summed E-state index contributed by atoms with van der Waals surface area (Å²) < 4.78 is -1.24. The Kier molecular flexibility index (Phi) is 3.07. The first-order valence-corrected chi connectivity index (χ1v) is 4.19. The van der Waals surface area contributed by atoms with Gasteiger partial charge < -0.3 is 0 Å². The quantitative estimate of drug-likeness (QED) is 0.427. The summed E-state index contributed by atoms with van der Waals surface area (Å²) in [7, 11) is 0. The Morgan fingerprint density at radius 3 is 1.90 bits per heavy atom. The Morgan fingerprint density at radius 2 is 1.60 bits per heavy atom. The Bertz CT molecular complexity index is 106. The standard InChI is InChI=1S/C5H8Cl3N2/c6-5(7,8)10-3-1-9-2-4-10/h1-4H2. The van der Waals surface area contributed by atoms with E-state index in [9.17, 15) is 0 Å². The molecule has 1 aliphatic heterocycles. The molecule has 2 nitrogen and oxygen atoms in total. The van der Waals surface area contributed by atoms with Gasteiger partial charge in [-0.05, 0) is 0 Å². The zero-order valence-electron chi connectivity index (χ0n) is 5.36. The number of alkyl halides is 3. The topological polar surface area (TPSA) is 17.3 Å². The van der Waals surface area contributed by atoms with Crippen molar-refractivity contribution in [1.82, 2.24) is 10.2 Å². The molecule has 0 unspecified atom stereocenters. The highest BCUT2D eigenvalue weighted by molar-refractivity contribution is 6.67. The molecule has 0 aromatic rings. The molecule has 0 aromatic heterocycles. The predicted molar refractivity (Wildman–Crippen MR) is 43.7 cm³/mol. The molecular formula is C5H8Cl3N2. The van der Waals surface area contributed by atoms with Crippen molar-refractivity contribution in [2.24, 2.45) is 0 Å². The van der Waals surface area contributed by atoms with Crippen LogP contribution in [0.25, 0.3) is 0 Å². The number of hydrogen-bond acceptors (Lipinski definition) is 1. The Morgan fingerprint density at radius 1 is 1.10 bits per heavy atom. The average molecular weight is 202 g/mol. The fraction of sp³-hybridized carbons (Fsp3) is 1.00. The van der Waals surface area contributed by atoms with Gasteiger partial charge in [0.05, 0.1) is 0 Å². The van der Waals surface area contributed by atoms with E-state index in [1.807, 2.05) is 0 Å². The molecular weight excluding hydrogens is 194 g/mol. The van der Waals surface area contributed by atoms with Crippen molar-refractivity contribution in [3.8, 4) is 0 Å². The van der Waals surface area contributed by atoms with Gasteiger partial charge in [-0.25, -0.2) is 5.32 Å². The lowest BCUT2D eigenvalue weighted by Crippen LogP contribution is -2.46. The second kappa shape index (κ2) is 3.46. The Hall–Kier alpha value is 0.790. The lowest BCUT2D eigenvalue weighted by atomic mass is 10.4. The van der Waals surface area contributed by atoms with Gasteiger partial charge in [0.25, 0.3) is 0 Å². The van der Waals surface area contributed by atoms with Gasteiger partial charge >= 0.3 is 0 Å². The zero-order chi connectivity index (χ0) is 7.61. The molecule has 1 aliphatic rings. The Balaban J connectivity index is 2.39. The van der Waals surface area contributed by atoms with Gasteiger partial charge in [-0.15, -0.1) is 0 Å². The lowest BCUT2D eigenvalue weighted by molar-refractivity contribution is 0.238. The summed E-state index contributed by atoms with van der Waals surface area (Å²) in [5.41, 5.74) is 0. The number of piperazine rings is 1. The van der Waals surface area contributed by atoms with Crippen molar-refractivity contribution in [3.05, 3.63) is 0 Å². The summed E-state index contributed by atoms with van der Waals surface area (Å²) in [6.07, 6.45) is 0. The molecule has 1 saturated heterocycles. The van der Waals surface area contributed by atoms with Crippen molar-refractivity contribution in [2.75, 3.05) is 26.2 Å². The molecule has 0 saturated carbocycles. The van der Waals surface area contributed by atoms with Gasteiger partial charge in [0.15, 0.2) is 0 Å². The second-order valence-corrected chi connectivity index (χ2v) is 4.35. The third kappa shape index (κ3) is 2.44. The van der Waals surface area contributed by atoms with E-state index < -0.39 is 3.92 Å². The van der Waals surface area contributed by atoms with Gasteiger partial charge in [0, 0.05) is 26.2 Å².